The zero-order chi connectivity index (χ0) is 23.0. The lowest BCUT2D eigenvalue weighted by Crippen LogP contribution is -2.27. The van der Waals surface area contributed by atoms with E-state index in [2.05, 4.69) is 107 Å². The van der Waals surface area contributed by atoms with Crippen LogP contribution in [-0.2, 0) is 17.9 Å². The van der Waals surface area contributed by atoms with Gasteiger partial charge in [-0.05, 0) is 72.7 Å². The van der Waals surface area contributed by atoms with Crippen molar-refractivity contribution in [2.75, 3.05) is 17.2 Å². The van der Waals surface area contributed by atoms with E-state index >= 15 is 0 Å². The first-order valence-electron chi connectivity index (χ1n) is 11.2. The Hall–Kier alpha value is -2.75. The zero-order valence-corrected chi connectivity index (χ0v) is 20.5. The van der Waals surface area contributed by atoms with Crippen LogP contribution in [0.3, 0.4) is 0 Å². The van der Waals surface area contributed by atoms with E-state index in [1.54, 1.807) is 0 Å². The third-order valence-electron chi connectivity index (χ3n) is 6.33. The summed E-state index contributed by atoms with van der Waals surface area (Å²) in [4.78, 5) is 2.28. The summed E-state index contributed by atoms with van der Waals surface area (Å²) >= 11 is 0. The van der Waals surface area contributed by atoms with Gasteiger partial charge in [0.15, 0.2) is 0 Å². The molecule has 4 heteroatoms. The summed E-state index contributed by atoms with van der Waals surface area (Å²) in [6.07, 6.45) is 5.21. The normalized spacial score (nSPS) is 12.8. The molecular weight excluding hydrogens is 380 g/mol. The molecule has 0 radical (unpaired) electrons. The number of hydrogen-bond acceptors (Lipinski definition) is 3. The fourth-order valence-electron chi connectivity index (χ4n) is 4.14. The van der Waals surface area contributed by atoms with Crippen LogP contribution in [0.1, 0.15) is 64.8 Å². The van der Waals surface area contributed by atoms with Gasteiger partial charge in [0.25, 0.3) is 0 Å². The number of hydrogen-bond donors (Lipinski definition) is 1. The lowest BCUT2D eigenvalue weighted by molar-refractivity contribution is 0.485. The average molecular weight is 419 g/mol. The van der Waals surface area contributed by atoms with E-state index in [1.807, 2.05) is 11.7 Å². The van der Waals surface area contributed by atoms with E-state index in [9.17, 15) is 0 Å². The zero-order valence-electron chi connectivity index (χ0n) is 20.5. The summed E-state index contributed by atoms with van der Waals surface area (Å²) < 4.78 is 1.96. The van der Waals surface area contributed by atoms with Crippen molar-refractivity contribution in [3.05, 3.63) is 65.5 Å². The Labute approximate surface area is 187 Å². The van der Waals surface area contributed by atoms with Crippen LogP contribution in [0.25, 0.3) is 10.9 Å². The Balaban J connectivity index is 1.85. The molecule has 3 aromatic rings. The van der Waals surface area contributed by atoms with Crippen molar-refractivity contribution in [1.82, 2.24) is 9.78 Å². The maximum absolute atomic E-state index is 6.50. The Kier molecular flexibility index (Phi) is 6.22. The summed E-state index contributed by atoms with van der Waals surface area (Å²) in [7, 11) is 2.00. The van der Waals surface area contributed by atoms with Crippen molar-refractivity contribution in [1.29, 1.82) is 0 Å². The molecule has 0 spiro atoms. The molecule has 0 saturated carbocycles. The van der Waals surface area contributed by atoms with E-state index in [0.717, 1.165) is 30.0 Å². The van der Waals surface area contributed by atoms with Gasteiger partial charge in [-0.3, -0.25) is 4.68 Å². The molecule has 0 unspecified atom stereocenters. The molecule has 0 amide bonds. The predicted molar refractivity (Wildman–Crippen MR) is 135 cm³/mol. The maximum atomic E-state index is 6.50. The van der Waals surface area contributed by atoms with Gasteiger partial charge < -0.3 is 10.6 Å². The highest BCUT2D eigenvalue weighted by Crippen LogP contribution is 2.34. The number of anilines is 2. The van der Waals surface area contributed by atoms with Gasteiger partial charge in [-0.1, -0.05) is 52.8 Å². The van der Waals surface area contributed by atoms with Gasteiger partial charge >= 0.3 is 0 Å². The first kappa shape index (κ1) is 22.9. The number of benzene rings is 2. The minimum atomic E-state index is 0.0242. The molecule has 2 aromatic carbocycles. The van der Waals surface area contributed by atoms with Gasteiger partial charge in [0, 0.05) is 19.0 Å². The minimum Gasteiger partial charge on any atom is -0.397 e. The molecule has 0 aliphatic carbocycles. The van der Waals surface area contributed by atoms with Gasteiger partial charge in [-0.25, -0.2) is 0 Å². The van der Waals surface area contributed by atoms with Crippen molar-refractivity contribution < 1.29 is 0 Å². The number of nitrogens with two attached hydrogens (primary N) is 1. The number of fused-ring (bicyclic) bond motifs is 1. The first-order chi connectivity index (χ1) is 14.4. The van der Waals surface area contributed by atoms with Gasteiger partial charge in [-0.15, -0.1) is 0 Å². The minimum absolute atomic E-state index is 0.0242. The second kappa shape index (κ2) is 8.41. The monoisotopic (exact) mass is 418 g/mol. The Bertz CT molecular complexity index is 1100. The molecule has 0 aliphatic heterocycles. The largest absolute Gasteiger partial charge is 0.397 e. The number of nitrogen functional groups attached to an aromatic ring is 1. The second-order valence-corrected chi connectivity index (χ2v) is 10.3. The quantitative estimate of drug-likeness (QED) is 0.467. The highest BCUT2D eigenvalue weighted by Gasteiger charge is 2.23. The molecule has 2 N–H and O–H groups in total. The number of aryl methyl sites for hydroxylation is 2. The third-order valence-corrected chi connectivity index (χ3v) is 6.33. The van der Waals surface area contributed by atoms with Gasteiger partial charge in [0.1, 0.15) is 0 Å². The van der Waals surface area contributed by atoms with E-state index in [1.165, 1.54) is 22.0 Å². The number of rotatable bonds is 6. The van der Waals surface area contributed by atoms with Gasteiger partial charge in [0.2, 0.25) is 0 Å². The van der Waals surface area contributed by atoms with E-state index in [-0.39, 0.29) is 10.8 Å². The van der Waals surface area contributed by atoms with Crippen LogP contribution in [-0.4, -0.2) is 16.3 Å². The smallest absolute Gasteiger partial charge is 0.0682 e. The van der Waals surface area contributed by atoms with Gasteiger partial charge in [0.05, 0.1) is 22.6 Å². The fourth-order valence-corrected chi connectivity index (χ4v) is 4.14. The van der Waals surface area contributed by atoms with Crippen LogP contribution in [0.2, 0.25) is 0 Å². The standard InChI is InChI=1S/C27H38N4/c1-9-15-31(25-13-10-20(18-23(25)28)26(3,4)5)16-14-27(6,7)21-11-12-24-22(17-21)19(2)29-30(24)8/h9-13,15,17-18H,14,16,28H2,1-8H3/b15-9-. The number of nitrogens with zero attached hydrogens (tertiary/aromatic N) is 3. The lowest BCUT2D eigenvalue weighted by atomic mass is 9.81. The molecule has 0 saturated heterocycles. The summed E-state index contributed by atoms with van der Waals surface area (Å²) in [6, 6.07) is 13.2. The lowest BCUT2D eigenvalue weighted by Gasteiger charge is -2.31. The van der Waals surface area contributed by atoms with Crippen molar-refractivity contribution in [3.8, 4) is 0 Å². The molecule has 0 atom stereocenters. The molecule has 166 valence electrons. The third kappa shape index (κ3) is 4.79. The summed E-state index contributed by atoms with van der Waals surface area (Å²) in [5.41, 5.74) is 13.4. The first-order valence-corrected chi connectivity index (χ1v) is 11.2. The Morgan fingerprint density at radius 2 is 1.71 bits per heavy atom. The van der Waals surface area contributed by atoms with E-state index in [0.29, 0.717) is 0 Å². The predicted octanol–water partition coefficient (Wildman–Crippen LogP) is 6.47. The molecule has 0 bridgehead atoms. The number of aromatic nitrogens is 2. The highest BCUT2D eigenvalue weighted by molar-refractivity contribution is 5.82. The Morgan fingerprint density at radius 3 is 2.32 bits per heavy atom. The fraction of sp³-hybridized carbons (Fsp3) is 0.444. The SMILES string of the molecule is C/C=C\N(CCC(C)(C)c1ccc2c(c1)c(C)nn2C)c1ccc(C(C)(C)C)cc1N. The van der Waals surface area contributed by atoms with E-state index in [4.69, 9.17) is 5.73 Å². The summed E-state index contributed by atoms with van der Waals surface area (Å²) in [5.74, 6) is 0. The van der Waals surface area contributed by atoms with Crippen LogP contribution in [0.4, 0.5) is 11.4 Å². The maximum Gasteiger partial charge on any atom is 0.0682 e. The second-order valence-electron chi connectivity index (χ2n) is 10.3. The Morgan fingerprint density at radius 1 is 1.03 bits per heavy atom. The van der Waals surface area contributed by atoms with Crippen molar-refractivity contribution in [2.24, 2.45) is 7.05 Å². The average Bonchev–Trinajstić information content (AvgIpc) is 2.98. The van der Waals surface area contributed by atoms with Crippen LogP contribution in [0.5, 0.6) is 0 Å². The van der Waals surface area contributed by atoms with Crippen molar-refractivity contribution in [2.45, 2.75) is 65.7 Å². The van der Waals surface area contributed by atoms with Crippen molar-refractivity contribution in [3.63, 3.8) is 0 Å². The van der Waals surface area contributed by atoms with Gasteiger partial charge in [-0.2, -0.15) is 5.10 Å². The molecule has 3 rings (SSSR count). The molecular formula is C27H38N4. The van der Waals surface area contributed by atoms with Crippen LogP contribution < -0.4 is 10.6 Å². The topological polar surface area (TPSA) is 47.1 Å². The summed E-state index contributed by atoms with van der Waals surface area (Å²) in [5, 5.41) is 5.81. The van der Waals surface area contributed by atoms with Crippen LogP contribution in [0, 0.1) is 6.92 Å². The molecule has 0 aliphatic rings. The van der Waals surface area contributed by atoms with Crippen LogP contribution in [0.15, 0.2) is 48.7 Å². The number of allylic oxidation sites excluding steroid dienone is 1. The van der Waals surface area contributed by atoms with Crippen molar-refractivity contribution >= 4 is 22.3 Å². The summed E-state index contributed by atoms with van der Waals surface area (Å²) in [6.45, 7) is 16.3. The molecule has 1 heterocycles. The molecule has 1 aromatic heterocycles. The highest BCUT2D eigenvalue weighted by atomic mass is 15.3. The molecule has 31 heavy (non-hydrogen) atoms. The van der Waals surface area contributed by atoms with Crippen LogP contribution >= 0.6 is 0 Å². The van der Waals surface area contributed by atoms with E-state index < -0.39 is 0 Å². The molecule has 4 nitrogen and oxygen atoms in total. The molecule has 0 fully saturated rings.